The second kappa shape index (κ2) is 9.87. The third-order valence-electron chi connectivity index (χ3n) is 6.01. The summed E-state index contributed by atoms with van der Waals surface area (Å²) in [5.41, 5.74) is 3.39. The van der Waals surface area contributed by atoms with Crippen molar-refractivity contribution >= 4 is 17.4 Å². The van der Waals surface area contributed by atoms with E-state index in [0.717, 1.165) is 50.4 Å². The van der Waals surface area contributed by atoms with Crippen LogP contribution in [0.2, 0.25) is 0 Å². The Hall–Kier alpha value is -2.14. The summed E-state index contributed by atoms with van der Waals surface area (Å²) >= 11 is 0. The molecule has 1 N–H and O–H groups in total. The number of allylic oxidation sites excluding steroid dienone is 1. The summed E-state index contributed by atoms with van der Waals surface area (Å²) in [7, 11) is 0. The van der Waals surface area contributed by atoms with Crippen LogP contribution < -0.4 is 10.2 Å². The van der Waals surface area contributed by atoms with Crippen LogP contribution in [-0.4, -0.2) is 55.4 Å². The third kappa shape index (κ3) is 5.44. The SMILES string of the molecule is CC(=O)c1ccc(N2CCN([C@H](C)C(=O)NCCC3=CCCCC3)CC2)cc1. The lowest BCUT2D eigenvalue weighted by Gasteiger charge is -2.38. The first kappa shape index (κ1) is 20.6. The van der Waals surface area contributed by atoms with E-state index in [1.807, 2.05) is 31.2 Å². The molecule has 152 valence electrons. The van der Waals surface area contributed by atoms with Gasteiger partial charge in [0.2, 0.25) is 5.91 Å². The molecule has 1 atom stereocenters. The summed E-state index contributed by atoms with van der Waals surface area (Å²) in [5, 5.41) is 3.12. The Balaban J connectivity index is 1.42. The average Bonchev–Trinajstić information content (AvgIpc) is 2.74. The molecule has 0 saturated carbocycles. The van der Waals surface area contributed by atoms with Crippen molar-refractivity contribution in [2.45, 2.75) is 52.0 Å². The molecule has 1 aromatic carbocycles. The number of amides is 1. The van der Waals surface area contributed by atoms with E-state index in [4.69, 9.17) is 0 Å². The van der Waals surface area contributed by atoms with Crippen molar-refractivity contribution in [3.8, 4) is 0 Å². The normalized spacial score (nSPS) is 19.1. The molecule has 1 aliphatic carbocycles. The van der Waals surface area contributed by atoms with E-state index < -0.39 is 0 Å². The van der Waals surface area contributed by atoms with Crippen LogP contribution in [0.3, 0.4) is 0 Å². The molecule has 1 amide bonds. The molecule has 1 heterocycles. The number of nitrogens with zero attached hydrogens (tertiary/aromatic N) is 2. The number of hydrogen-bond acceptors (Lipinski definition) is 4. The van der Waals surface area contributed by atoms with Crippen molar-refractivity contribution in [2.24, 2.45) is 0 Å². The van der Waals surface area contributed by atoms with Crippen LogP contribution in [0.4, 0.5) is 5.69 Å². The van der Waals surface area contributed by atoms with Crippen LogP contribution in [-0.2, 0) is 4.79 Å². The van der Waals surface area contributed by atoms with E-state index in [-0.39, 0.29) is 17.7 Å². The molecule has 5 nitrogen and oxygen atoms in total. The van der Waals surface area contributed by atoms with Crippen LogP contribution in [0.25, 0.3) is 0 Å². The van der Waals surface area contributed by atoms with Crippen molar-refractivity contribution in [1.82, 2.24) is 10.2 Å². The molecule has 3 rings (SSSR count). The second-order valence-corrected chi connectivity index (χ2v) is 7.95. The van der Waals surface area contributed by atoms with E-state index in [1.165, 1.54) is 31.3 Å². The number of rotatable bonds is 7. The topological polar surface area (TPSA) is 52.7 Å². The number of ketones is 1. The van der Waals surface area contributed by atoms with E-state index in [2.05, 4.69) is 21.2 Å². The molecule has 0 spiro atoms. The molecule has 1 fully saturated rings. The Morgan fingerprint density at radius 1 is 1.07 bits per heavy atom. The van der Waals surface area contributed by atoms with Gasteiger partial charge in [-0.3, -0.25) is 14.5 Å². The van der Waals surface area contributed by atoms with E-state index in [9.17, 15) is 9.59 Å². The molecule has 5 heteroatoms. The van der Waals surface area contributed by atoms with Gasteiger partial charge in [0, 0.05) is 44.0 Å². The molecule has 0 aromatic heterocycles. The van der Waals surface area contributed by atoms with Crippen molar-refractivity contribution in [3.05, 3.63) is 41.5 Å². The highest BCUT2D eigenvalue weighted by Crippen LogP contribution is 2.20. The summed E-state index contributed by atoms with van der Waals surface area (Å²) < 4.78 is 0. The van der Waals surface area contributed by atoms with Crippen LogP contribution in [0.1, 0.15) is 56.3 Å². The summed E-state index contributed by atoms with van der Waals surface area (Å²) in [6.45, 7) is 7.87. The van der Waals surface area contributed by atoms with Crippen molar-refractivity contribution < 1.29 is 9.59 Å². The quantitative estimate of drug-likeness (QED) is 0.579. The lowest BCUT2D eigenvalue weighted by atomic mass is 9.97. The lowest BCUT2D eigenvalue weighted by Crippen LogP contribution is -2.54. The van der Waals surface area contributed by atoms with Gasteiger partial charge < -0.3 is 10.2 Å². The fraction of sp³-hybridized carbons (Fsp3) is 0.565. The Morgan fingerprint density at radius 2 is 1.79 bits per heavy atom. The number of carbonyl (C=O) groups excluding carboxylic acids is 2. The van der Waals surface area contributed by atoms with Crippen molar-refractivity contribution in [2.75, 3.05) is 37.6 Å². The van der Waals surface area contributed by atoms with Crippen LogP contribution >= 0.6 is 0 Å². The van der Waals surface area contributed by atoms with Gasteiger partial charge in [-0.05, 0) is 70.2 Å². The average molecular weight is 384 g/mol. The van der Waals surface area contributed by atoms with Gasteiger partial charge in [-0.25, -0.2) is 0 Å². The first-order chi connectivity index (χ1) is 13.5. The molecule has 0 radical (unpaired) electrons. The summed E-state index contributed by atoms with van der Waals surface area (Å²) in [5.74, 6) is 0.228. The monoisotopic (exact) mass is 383 g/mol. The Bertz CT molecular complexity index is 703. The molecule has 1 saturated heterocycles. The van der Waals surface area contributed by atoms with Crippen molar-refractivity contribution in [1.29, 1.82) is 0 Å². The highest BCUT2D eigenvalue weighted by Gasteiger charge is 2.25. The number of nitrogens with one attached hydrogen (secondary N) is 1. The highest BCUT2D eigenvalue weighted by molar-refractivity contribution is 5.94. The van der Waals surface area contributed by atoms with E-state index in [1.54, 1.807) is 6.92 Å². The maximum absolute atomic E-state index is 12.5. The van der Waals surface area contributed by atoms with Gasteiger partial charge in [-0.1, -0.05) is 11.6 Å². The van der Waals surface area contributed by atoms with E-state index in [0.29, 0.717) is 0 Å². The third-order valence-corrected chi connectivity index (χ3v) is 6.01. The van der Waals surface area contributed by atoms with Crippen molar-refractivity contribution in [3.63, 3.8) is 0 Å². The first-order valence-corrected chi connectivity index (χ1v) is 10.6. The zero-order chi connectivity index (χ0) is 19.9. The van der Waals surface area contributed by atoms with Gasteiger partial charge in [0.25, 0.3) is 0 Å². The number of carbonyl (C=O) groups is 2. The molecule has 28 heavy (non-hydrogen) atoms. The zero-order valence-corrected chi connectivity index (χ0v) is 17.2. The molecule has 1 aromatic rings. The second-order valence-electron chi connectivity index (χ2n) is 7.95. The smallest absolute Gasteiger partial charge is 0.237 e. The first-order valence-electron chi connectivity index (χ1n) is 10.6. The minimum atomic E-state index is -0.0948. The molecule has 0 unspecified atom stereocenters. The van der Waals surface area contributed by atoms with Gasteiger partial charge in [0.1, 0.15) is 0 Å². The fourth-order valence-corrected chi connectivity index (χ4v) is 4.07. The van der Waals surface area contributed by atoms with Gasteiger partial charge in [-0.15, -0.1) is 0 Å². The van der Waals surface area contributed by atoms with Gasteiger partial charge in [0.15, 0.2) is 5.78 Å². The van der Waals surface area contributed by atoms with Gasteiger partial charge in [0.05, 0.1) is 6.04 Å². The zero-order valence-electron chi connectivity index (χ0n) is 17.2. The Morgan fingerprint density at radius 3 is 2.39 bits per heavy atom. The fourth-order valence-electron chi connectivity index (χ4n) is 4.07. The highest BCUT2D eigenvalue weighted by atomic mass is 16.2. The van der Waals surface area contributed by atoms with Crippen LogP contribution in [0.5, 0.6) is 0 Å². The number of anilines is 1. The number of benzene rings is 1. The molecule has 0 bridgehead atoms. The maximum Gasteiger partial charge on any atom is 0.237 e. The summed E-state index contributed by atoms with van der Waals surface area (Å²) in [4.78, 5) is 28.5. The Labute approximate surface area is 168 Å². The lowest BCUT2D eigenvalue weighted by molar-refractivity contribution is -0.126. The summed E-state index contributed by atoms with van der Waals surface area (Å²) in [6.07, 6.45) is 8.32. The Kier molecular flexibility index (Phi) is 7.26. The largest absolute Gasteiger partial charge is 0.369 e. The van der Waals surface area contributed by atoms with Crippen LogP contribution in [0.15, 0.2) is 35.9 Å². The standard InChI is InChI=1S/C23H33N3O2/c1-18(23(28)24-13-12-20-6-4-3-5-7-20)25-14-16-26(17-15-25)22-10-8-21(9-11-22)19(2)27/h6,8-11,18H,3-5,7,12-17H2,1-2H3,(H,24,28)/t18-/m1/s1. The molecule has 2 aliphatic rings. The minimum Gasteiger partial charge on any atom is -0.369 e. The van der Waals surface area contributed by atoms with Gasteiger partial charge in [-0.2, -0.15) is 0 Å². The predicted octanol–water partition coefficient (Wildman–Crippen LogP) is 3.41. The number of hydrogen-bond donors (Lipinski definition) is 1. The van der Waals surface area contributed by atoms with E-state index >= 15 is 0 Å². The molecule has 1 aliphatic heterocycles. The minimum absolute atomic E-state index is 0.0935. The predicted molar refractivity (Wildman–Crippen MR) is 114 cm³/mol. The molecular weight excluding hydrogens is 350 g/mol. The summed E-state index contributed by atoms with van der Waals surface area (Å²) in [6, 6.07) is 7.72. The maximum atomic E-state index is 12.5. The number of Topliss-reactive ketones (excluding diaryl/α,β-unsaturated/α-hetero) is 1. The van der Waals surface area contributed by atoms with Crippen LogP contribution in [0, 0.1) is 0 Å². The number of piperazine rings is 1. The van der Waals surface area contributed by atoms with Gasteiger partial charge >= 0.3 is 0 Å². The molecular formula is C23H33N3O2.